The number of carbonyl (C=O) groups is 1. The highest BCUT2D eigenvalue weighted by molar-refractivity contribution is 7.90. The molecule has 0 atom stereocenters. The summed E-state index contributed by atoms with van der Waals surface area (Å²) in [7, 11) is -3.54. The fourth-order valence-electron chi connectivity index (χ4n) is 3.28. The van der Waals surface area contributed by atoms with Gasteiger partial charge < -0.3 is 5.11 Å². The van der Waals surface area contributed by atoms with Crippen LogP contribution in [0.2, 0.25) is 0 Å². The van der Waals surface area contributed by atoms with E-state index in [4.69, 9.17) is 5.11 Å². The third kappa shape index (κ3) is 3.69. The highest BCUT2D eigenvalue weighted by Gasteiger charge is 2.29. The Kier molecular flexibility index (Phi) is 4.75. The van der Waals surface area contributed by atoms with Crippen molar-refractivity contribution in [1.29, 1.82) is 0 Å². The number of aromatic nitrogens is 1. The molecule has 0 amide bonds. The molecule has 0 spiro atoms. The Morgan fingerprint density at radius 1 is 1.00 bits per heavy atom. The zero-order chi connectivity index (χ0) is 19.9. The molecule has 2 aromatic carbocycles. The summed E-state index contributed by atoms with van der Waals surface area (Å²) in [6, 6.07) is 14.9. The van der Waals surface area contributed by atoms with Gasteiger partial charge in [0.2, 0.25) is 0 Å². The molecule has 0 bridgehead atoms. The zero-order valence-electron chi connectivity index (χ0n) is 15.7. The summed E-state index contributed by atoms with van der Waals surface area (Å²) >= 11 is 0. The van der Waals surface area contributed by atoms with Gasteiger partial charge in [-0.2, -0.15) is 0 Å². The van der Waals surface area contributed by atoms with Gasteiger partial charge in [-0.15, -0.1) is 0 Å². The van der Waals surface area contributed by atoms with Crippen molar-refractivity contribution in [3.63, 3.8) is 0 Å². The SMILES string of the molecule is Cc1ccc(S(=O)(=O)n2ccc3c(C4CC4)cccc32)cc1.O=C(O)C1CC1. The Balaban J connectivity index is 0.000000275. The van der Waals surface area contributed by atoms with Crippen LogP contribution in [0.5, 0.6) is 0 Å². The predicted molar refractivity (Wildman–Crippen MR) is 108 cm³/mol. The molecule has 5 nitrogen and oxygen atoms in total. The van der Waals surface area contributed by atoms with Gasteiger partial charge in [0.15, 0.2) is 0 Å². The molecule has 0 radical (unpaired) electrons. The Bertz CT molecular complexity index is 1120. The van der Waals surface area contributed by atoms with Crippen LogP contribution >= 0.6 is 0 Å². The lowest BCUT2D eigenvalue weighted by atomic mass is 10.1. The Hall–Kier alpha value is -2.60. The molecule has 0 aliphatic heterocycles. The molecular formula is C22H23NO4S. The summed E-state index contributed by atoms with van der Waals surface area (Å²) in [6.45, 7) is 1.95. The van der Waals surface area contributed by atoms with Crippen molar-refractivity contribution in [3.8, 4) is 0 Å². The Labute approximate surface area is 164 Å². The molecule has 5 rings (SSSR count). The van der Waals surface area contributed by atoms with E-state index in [0.717, 1.165) is 29.3 Å². The van der Waals surface area contributed by atoms with E-state index in [1.807, 2.05) is 37.3 Å². The summed E-state index contributed by atoms with van der Waals surface area (Å²) in [6.07, 6.45) is 5.88. The minimum atomic E-state index is -3.54. The summed E-state index contributed by atoms with van der Waals surface area (Å²) < 4.78 is 27.2. The van der Waals surface area contributed by atoms with E-state index in [1.54, 1.807) is 18.3 Å². The molecular weight excluding hydrogens is 374 g/mol. The van der Waals surface area contributed by atoms with Crippen LogP contribution in [-0.2, 0) is 14.8 Å². The Morgan fingerprint density at radius 3 is 2.21 bits per heavy atom. The molecule has 0 saturated heterocycles. The molecule has 1 heterocycles. The van der Waals surface area contributed by atoms with Gasteiger partial charge in [0.25, 0.3) is 10.0 Å². The first kappa shape index (κ1) is 18.7. The van der Waals surface area contributed by atoms with Crippen LogP contribution in [0.4, 0.5) is 0 Å². The van der Waals surface area contributed by atoms with E-state index in [-0.39, 0.29) is 5.92 Å². The molecule has 2 aliphatic rings. The molecule has 146 valence electrons. The standard InChI is InChI=1S/C18H17NO2S.C4H6O2/c1-13-5-9-15(10-6-13)22(20,21)19-12-11-17-16(14-7-8-14)3-2-4-18(17)19;5-4(6)3-1-2-3/h2-6,9-12,14H,7-8H2,1H3;3H,1-2H2,(H,5,6). The van der Waals surface area contributed by atoms with Gasteiger partial charge in [0.05, 0.1) is 16.3 Å². The van der Waals surface area contributed by atoms with Crippen LogP contribution in [0.25, 0.3) is 10.9 Å². The van der Waals surface area contributed by atoms with Gasteiger partial charge in [0, 0.05) is 11.6 Å². The maximum absolute atomic E-state index is 12.9. The van der Waals surface area contributed by atoms with Crippen LogP contribution in [0, 0.1) is 12.8 Å². The predicted octanol–water partition coefficient (Wildman–Crippen LogP) is 4.55. The van der Waals surface area contributed by atoms with Crippen molar-refractivity contribution in [2.45, 2.75) is 43.4 Å². The number of carboxylic acid groups (broad SMARTS) is 1. The van der Waals surface area contributed by atoms with Crippen molar-refractivity contribution in [2.75, 3.05) is 0 Å². The molecule has 1 aromatic heterocycles. The molecule has 0 unspecified atom stereocenters. The first-order chi connectivity index (χ1) is 13.4. The summed E-state index contributed by atoms with van der Waals surface area (Å²) in [5.41, 5.74) is 3.09. The fourth-order valence-corrected chi connectivity index (χ4v) is 4.63. The molecule has 2 saturated carbocycles. The first-order valence-corrected chi connectivity index (χ1v) is 11.0. The van der Waals surface area contributed by atoms with Crippen molar-refractivity contribution >= 4 is 26.9 Å². The number of hydrogen-bond donors (Lipinski definition) is 1. The quantitative estimate of drug-likeness (QED) is 0.701. The zero-order valence-corrected chi connectivity index (χ0v) is 16.5. The largest absolute Gasteiger partial charge is 0.481 e. The van der Waals surface area contributed by atoms with Gasteiger partial charge >= 0.3 is 5.97 Å². The molecule has 2 aliphatic carbocycles. The first-order valence-electron chi connectivity index (χ1n) is 9.53. The van der Waals surface area contributed by atoms with Crippen molar-refractivity contribution in [1.82, 2.24) is 3.97 Å². The van der Waals surface area contributed by atoms with E-state index in [9.17, 15) is 13.2 Å². The second-order valence-electron chi connectivity index (χ2n) is 7.60. The summed E-state index contributed by atoms with van der Waals surface area (Å²) in [5, 5.41) is 9.11. The normalized spacial score (nSPS) is 16.5. The highest BCUT2D eigenvalue weighted by Crippen LogP contribution is 2.43. The minimum Gasteiger partial charge on any atom is -0.481 e. The lowest BCUT2D eigenvalue weighted by Gasteiger charge is -2.09. The number of benzene rings is 2. The lowest BCUT2D eigenvalue weighted by molar-refractivity contribution is -0.138. The number of carboxylic acids is 1. The third-order valence-electron chi connectivity index (χ3n) is 5.25. The van der Waals surface area contributed by atoms with E-state index in [1.165, 1.54) is 22.4 Å². The van der Waals surface area contributed by atoms with E-state index in [0.29, 0.717) is 10.8 Å². The summed E-state index contributed by atoms with van der Waals surface area (Å²) in [4.78, 5) is 10.1. The molecule has 2 fully saturated rings. The highest BCUT2D eigenvalue weighted by atomic mass is 32.2. The van der Waals surface area contributed by atoms with E-state index < -0.39 is 16.0 Å². The summed E-state index contributed by atoms with van der Waals surface area (Å²) in [5.74, 6) is -0.0124. The van der Waals surface area contributed by atoms with Crippen LogP contribution in [0.3, 0.4) is 0 Å². The smallest absolute Gasteiger partial charge is 0.306 e. The van der Waals surface area contributed by atoms with Crippen molar-refractivity contribution in [3.05, 3.63) is 65.9 Å². The van der Waals surface area contributed by atoms with E-state index in [2.05, 4.69) is 6.07 Å². The fraction of sp³-hybridized carbons (Fsp3) is 0.318. The number of fused-ring (bicyclic) bond motifs is 1. The number of aryl methyl sites for hydroxylation is 1. The number of nitrogens with zero attached hydrogens (tertiary/aromatic N) is 1. The molecule has 3 aromatic rings. The molecule has 1 N–H and O–H groups in total. The topological polar surface area (TPSA) is 76.4 Å². The Morgan fingerprint density at radius 2 is 1.68 bits per heavy atom. The van der Waals surface area contributed by atoms with Crippen LogP contribution in [0.15, 0.2) is 59.6 Å². The minimum absolute atomic E-state index is 0.0185. The number of rotatable bonds is 4. The maximum Gasteiger partial charge on any atom is 0.306 e. The van der Waals surface area contributed by atoms with Crippen LogP contribution < -0.4 is 0 Å². The van der Waals surface area contributed by atoms with Gasteiger partial charge in [-0.3, -0.25) is 4.79 Å². The second-order valence-corrected chi connectivity index (χ2v) is 9.41. The van der Waals surface area contributed by atoms with Gasteiger partial charge in [-0.1, -0.05) is 29.8 Å². The van der Waals surface area contributed by atoms with Gasteiger partial charge in [-0.05, 0) is 68.4 Å². The molecule has 6 heteroatoms. The number of aliphatic carboxylic acids is 1. The number of hydrogen-bond acceptors (Lipinski definition) is 3. The maximum atomic E-state index is 12.9. The second kappa shape index (κ2) is 7.09. The van der Waals surface area contributed by atoms with Crippen LogP contribution in [0.1, 0.15) is 42.7 Å². The monoisotopic (exact) mass is 397 g/mol. The van der Waals surface area contributed by atoms with E-state index >= 15 is 0 Å². The van der Waals surface area contributed by atoms with Gasteiger partial charge in [-0.25, -0.2) is 12.4 Å². The van der Waals surface area contributed by atoms with Crippen molar-refractivity contribution < 1.29 is 18.3 Å². The average molecular weight is 397 g/mol. The van der Waals surface area contributed by atoms with Crippen molar-refractivity contribution in [2.24, 2.45) is 5.92 Å². The molecule has 28 heavy (non-hydrogen) atoms. The third-order valence-corrected chi connectivity index (χ3v) is 6.96. The van der Waals surface area contributed by atoms with Crippen LogP contribution in [-0.4, -0.2) is 23.5 Å². The lowest BCUT2D eigenvalue weighted by Crippen LogP contribution is -2.11. The average Bonchev–Trinajstić information content (AvgIpc) is 3.58. The van der Waals surface area contributed by atoms with Gasteiger partial charge in [0.1, 0.15) is 0 Å².